The van der Waals surface area contributed by atoms with Crippen LogP contribution in [-0.2, 0) is 11.2 Å². The van der Waals surface area contributed by atoms with Crippen molar-refractivity contribution in [3.63, 3.8) is 0 Å². The van der Waals surface area contributed by atoms with E-state index in [0.29, 0.717) is 11.5 Å². The molecule has 2 unspecified atom stereocenters. The van der Waals surface area contributed by atoms with Gasteiger partial charge in [0.2, 0.25) is 0 Å². The van der Waals surface area contributed by atoms with Crippen molar-refractivity contribution in [1.82, 2.24) is 0 Å². The van der Waals surface area contributed by atoms with Crippen LogP contribution in [0, 0.1) is 12.3 Å². The fourth-order valence-corrected chi connectivity index (χ4v) is 2.46. The van der Waals surface area contributed by atoms with Gasteiger partial charge in [0.05, 0.1) is 12.5 Å². The normalized spacial score (nSPS) is 12.8. The van der Waals surface area contributed by atoms with E-state index in [-0.39, 0.29) is 32.3 Å². The van der Waals surface area contributed by atoms with Crippen molar-refractivity contribution < 1.29 is 24.4 Å². The summed E-state index contributed by atoms with van der Waals surface area (Å²) < 4.78 is 16.1. The highest BCUT2D eigenvalue weighted by molar-refractivity contribution is 6.18. The number of benzene rings is 2. The van der Waals surface area contributed by atoms with E-state index in [9.17, 15) is 10.2 Å². The van der Waals surface area contributed by atoms with Gasteiger partial charge in [0.15, 0.2) is 0 Å². The third-order valence-electron chi connectivity index (χ3n) is 3.81. The molecule has 0 heterocycles. The monoisotopic (exact) mass is 404 g/mol. The van der Waals surface area contributed by atoms with E-state index in [2.05, 4.69) is 5.92 Å². The highest BCUT2D eigenvalue weighted by Gasteiger charge is 2.06. The third kappa shape index (κ3) is 8.20. The van der Waals surface area contributed by atoms with Crippen molar-refractivity contribution in [3.8, 4) is 23.8 Å². The number of aliphatic hydroxyl groups is 2. The molecule has 150 valence electrons. The highest BCUT2D eigenvalue weighted by atomic mass is 35.5. The molecule has 0 saturated heterocycles. The van der Waals surface area contributed by atoms with Crippen molar-refractivity contribution in [3.05, 3.63) is 59.7 Å². The Morgan fingerprint density at radius 2 is 1.32 bits per heavy atom. The fourth-order valence-electron chi connectivity index (χ4n) is 2.37. The Balaban J connectivity index is 1.78. The molecule has 0 aliphatic heterocycles. The zero-order valence-corrected chi connectivity index (χ0v) is 16.3. The molecular formula is C22H25ClO5. The summed E-state index contributed by atoms with van der Waals surface area (Å²) in [4.78, 5) is 0. The quantitative estimate of drug-likeness (QED) is 0.323. The van der Waals surface area contributed by atoms with Crippen molar-refractivity contribution in [2.75, 3.05) is 32.3 Å². The molecule has 0 amide bonds. The second kappa shape index (κ2) is 12.3. The molecule has 0 saturated carbocycles. The summed E-state index contributed by atoms with van der Waals surface area (Å²) in [5.41, 5.74) is 2.27. The Labute approximate surface area is 170 Å². The molecule has 0 fully saturated rings. The zero-order valence-electron chi connectivity index (χ0n) is 15.6. The summed E-state index contributed by atoms with van der Waals surface area (Å²) in [7, 11) is 0. The van der Waals surface area contributed by atoms with Gasteiger partial charge in [-0.2, -0.15) is 0 Å². The van der Waals surface area contributed by atoms with E-state index in [0.717, 1.165) is 17.5 Å². The molecule has 0 spiro atoms. The molecule has 2 atom stereocenters. The lowest BCUT2D eigenvalue weighted by molar-refractivity contribution is 0.0229. The summed E-state index contributed by atoms with van der Waals surface area (Å²) in [6, 6.07) is 15.4. The van der Waals surface area contributed by atoms with Crippen LogP contribution in [0.25, 0.3) is 0 Å². The number of halogens is 1. The average molecular weight is 405 g/mol. The molecular weight excluding hydrogens is 380 g/mol. The van der Waals surface area contributed by atoms with Crippen LogP contribution in [0.5, 0.6) is 11.5 Å². The van der Waals surface area contributed by atoms with Crippen LogP contribution in [0.4, 0.5) is 0 Å². The van der Waals surface area contributed by atoms with Gasteiger partial charge in [-0.25, -0.2) is 0 Å². The first-order valence-corrected chi connectivity index (χ1v) is 9.51. The Hall–Kier alpha value is -2.23. The van der Waals surface area contributed by atoms with E-state index in [1.54, 1.807) is 0 Å². The van der Waals surface area contributed by atoms with E-state index < -0.39 is 12.2 Å². The summed E-state index contributed by atoms with van der Waals surface area (Å²) in [5, 5.41) is 19.2. The van der Waals surface area contributed by atoms with Crippen LogP contribution in [0.15, 0.2) is 48.5 Å². The number of alkyl halides is 1. The maximum Gasteiger partial charge on any atom is 0.119 e. The van der Waals surface area contributed by atoms with Gasteiger partial charge < -0.3 is 24.4 Å². The number of hydrogen-bond donors (Lipinski definition) is 2. The first-order valence-electron chi connectivity index (χ1n) is 8.97. The largest absolute Gasteiger partial charge is 0.491 e. The van der Waals surface area contributed by atoms with Crippen LogP contribution in [-0.4, -0.2) is 54.7 Å². The lowest BCUT2D eigenvalue weighted by Crippen LogP contribution is -2.23. The lowest BCUT2D eigenvalue weighted by Gasteiger charge is -2.12. The molecule has 0 bridgehead atoms. The molecule has 2 rings (SSSR count). The Bertz CT molecular complexity index is 724. The van der Waals surface area contributed by atoms with E-state index >= 15 is 0 Å². The summed E-state index contributed by atoms with van der Waals surface area (Å²) in [6.07, 6.45) is 4.46. The molecule has 2 N–H and O–H groups in total. The van der Waals surface area contributed by atoms with E-state index in [1.165, 1.54) is 0 Å². The third-order valence-corrected chi connectivity index (χ3v) is 4.17. The van der Waals surface area contributed by atoms with Crippen LogP contribution in [0.2, 0.25) is 0 Å². The van der Waals surface area contributed by atoms with Gasteiger partial charge >= 0.3 is 0 Å². The molecule has 0 radical (unpaired) electrons. The van der Waals surface area contributed by atoms with Gasteiger partial charge in [-0.05, 0) is 41.8 Å². The smallest absolute Gasteiger partial charge is 0.119 e. The van der Waals surface area contributed by atoms with Crippen molar-refractivity contribution >= 4 is 11.6 Å². The Kier molecular flexibility index (Phi) is 9.67. The predicted octanol–water partition coefficient (Wildman–Crippen LogP) is 2.65. The first kappa shape index (κ1) is 22.1. The van der Waals surface area contributed by atoms with Crippen LogP contribution in [0.1, 0.15) is 11.1 Å². The molecule has 2 aromatic rings. The first-order chi connectivity index (χ1) is 13.6. The lowest BCUT2D eigenvalue weighted by atomic mass is 10.0. The number of rotatable bonds is 12. The molecule has 0 aliphatic carbocycles. The molecule has 5 nitrogen and oxygen atoms in total. The van der Waals surface area contributed by atoms with Gasteiger partial charge in [-0.1, -0.05) is 30.2 Å². The van der Waals surface area contributed by atoms with Crippen LogP contribution in [0.3, 0.4) is 0 Å². The number of aliphatic hydroxyl groups excluding tert-OH is 2. The predicted molar refractivity (Wildman–Crippen MR) is 109 cm³/mol. The molecule has 0 aliphatic rings. The SMILES string of the molecule is C#CCOCC(O)COc1ccc(Cc2ccc(OCC(O)CCl)cc2)cc1. The minimum absolute atomic E-state index is 0.143. The van der Waals surface area contributed by atoms with Crippen molar-refractivity contribution in [1.29, 1.82) is 0 Å². The fraction of sp³-hybridized carbons (Fsp3) is 0.364. The number of hydrogen-bond acceptors (Lipinski definition) is 5. The standard InChI is InChI=1S/C22H25ClO5/c1-2-11-26-14-20(25)16-28-22-9-5-18(6-10-22)12-17-3-7-21(8-4-17)27-15-19(24)13-23/h1,3-10,19-20,24-25H,11-16H2. The molecule has 6 heteroatoms. The number of terminal acetylenes is 1. The summed E-state index contributed by atoms with van der Waals surface area (Å²) in [6.45, 7) is 0.639. The average Bonchev–Trinajstić information content (AvgIpc) is 2.72. The van der Waals surface area contributed by atoms with E-state index in [4.69, 9.17) is 32.2 Å². The maximum atomic E-state index is 9.74. The van der Waals surface area contributed by atoms with Crippen LogP contribution >= 0.6 is 11.6 Å². The summed E-state index contributed by atoms with van der Waals surface area (Å²) >= 11 is 5.54. The van der Waals surface area contributed by atoms with Gasteiger partial charge in [0.25, 0.3) is 0 Å². The molecule has 0 aromatic heterocycles. The second-order valence-corrected chi connectivity index (χ2v) is 6.58. The minimum atomic E-state index is -0.723. The Morgan fingerprint density at radius 3 is 1.79 bits per heavy atom. The van der Waals surface area contributed by atoms with Gasteiger partial charge in [-0.15, -0.1) is 18.0 Å². The molecule has 28 heavy (non-hydrogen) atoms. The highest BCUT2D eigenvalue weighted by Crippen LogP contribution is 2.18. The Morgan fingerprint density at radius 1 is 0.821 bits per heavy atom. The zero-order chi connectivity index (χ0) is 20.2. The summed E-state index contributed by atoms with van der Waals surface area (Å²) in [5.74, 6) is 3.87. The van der Waals surface area contributed by atoms with Crippen LogP contribution < -0.4 is 9.47 Å². The van der Waals surface area contributed by atoms with Crippen molar-refractivity contribution in [2.45, 2.75) is 18.6 Å². The minimum Gasteiger partial charge on any atom is -0.491 e. The van der Waals surface area contributed by atoms with Gasteiger partial charge in [-0.3, -0.25) is 0 Å². The second-order valence-electron chi connectivity index (χ2n) is 6.27. The van der Waals surface area contributed by atoms with Gasteiger partial charge in [0, 0.05) is 0 Å². The van der Waals surface area contributed by atoms with Gasteiger partial charge in [0.1, 0.15) is 43.5 Å². The van der Waals surface area contributed by atoms with E-state index in [1.807, 2.05) is 48.5 Å². The van der Waals surface area contributed by atoms with Crippen molar-refractivity contribution in [2.24, 2.45) is 0 Å². The maximum absolute atomic E-state index is 9.74. The topological polar surface area (TPSA) is 68.2 Å². The number of ether oxygens (including phenoxy) is 3. The molecule has 2 aromatic carbocycles.